The quantitative estimate of drug-likeness (QED) is 0.375. The largest absolute Gasteiger partial charge is 0.496 e. The van der Waals surface area contributed by atoms with Crippen LogP contribution in [0.2, 0.25) is 0 Å². The molecule has 3 aliphatic rings. The number of methoxy groups -OCH3 is 1. The number of fused-ring (bicyclic) bond motifs is 1. The SMILES string of the molecule is CCc1c(N(CC2CC2)C2CCN(CC(F)(F)F)CC2)cc2occc2c1C(=O)NCC1=C(OC)C=C(C)NC1=C=O. The fraction of sp³-hybridized carbons (Fsp3) is 0.516. The maximum Gasteiger partial charge on any atom is 0.401 e. The average Bonchev–Trinajstić information content (AvgIpc) is 3.66. The Bertz CT molecular complexity index is 1440. The summed E-state index contributed by atoms with van der Waals surface area (Å²) in [6.07, 6.45) is 3.12. The lowest BCUT2D eigenvalue weighted by Crippen LogP contribution is -2.48. The van der Waals surface area contributed by atoms with E-state index in [4.69, 9.17) is 9.15 Å². The molecule has 2 aliphatic heterocycles. The van der Waals surface area contributed by atoms with E-state index in [0.29, 0.717) is 66.1 Å². The molecule has 2 aromatic rings. The van der Waals surface area contributed by atoms with Crippen molar-refractivity contribution in [2.45, 2.75) is 58.2 Å². The van der Waals surface area contributed by atoms with E-state index in [1.54, 1.807) is 25.3 Å². The second kappa shape index (κ2) is 12.3. The van der Waals surface area contributed by atoms with Crippen LogP contribution in [0.15, 0.2) is 51.6 Å². The van der Waals surface area contributed by atoms with Crippen LogP contribution in [0, 0.1) is 5.92 Å². The first-order valence-electron chi connectivity index (χ1n) is 14.5. The normalized spacial score (nSPS) is 18.5. The Morgan fingerprint density at radius 2 is 2.00 bits per heavy atom. The van der Waals surface area contributed by atoms with Crippen LogP contribution >= 0.6 is 0 Å². The van der Waals surface area contributed by atoms with Crippen LogP contribution in [0.25, 0.3) is 11.0 Å². The number of allylic oxidation sites excluding steroid dienone is 2. The van der Waals surface area contributed by atoms with Crippen LogP contribution < -0.4 is 15.5 Å². The zero-order valence-electron chi connectivity index (χ0n) is 24.2. The van der Waals surface area contributed by atoms with Gasteiger partial charge in [-0.05, 0) is 62.7 Å². The van der Waals surface area contributed by atoms with E-state index in [1.165, 1.54) is 12.0 Å². The Labute approximate surface area is 243 Å². The van der Waals surface area contributed by atoms with Gasteiger partial charge in [-0.2, -0.15) is 13.2 Å². The number of hydrogen-bond acceptors (Lipinski definition) is 7. The molecule has 0 bridgehead atoms. The smallest absolute Gasteiger partial charge is 0.401 e. The maximum absolute atomic E-state index is 13.9. The zero-order chi connectivity index (χ0) is 30.0. The molecule has 42 heavy (non-hydrogen) atoms. The molecule has 0 spiro atoms. The standard InChI is InChI=1S/C31H37F3N4O4/c1-4-22-26(38(16-20-5-6-20)21-7-10-37(11-8-21)18-31(32,33)34)14-28-23(9-12-42-28)29(22)30(40)35-15-24-25(17-39)36-19(2)13-27(24)41-3/h9,12-14,20-21,36H,4-8,10-11,15-16,18H2,1-3H3,(H,35,40). The summed E-state index contributed by atoms with van der Waals surface area (Å²) in [4.78, 5) is 29.3. The van der Waals surface area contributed by atoms with Crippen molar-refractivity contribution in [1.82, 2.24) is 15.5 Å². The first-order valence-corrected chi connectivity index (χ1v) is 14.5. The number of benzene rings is 1. The lowest BCUT2D eigenvalue weighted by Gasteiger charge is -2.41. The van der Waals surface area contributed by atoms with Crippen LogP contribution in [-0.2, 0) is 16.0 Å². The van der Waals surface area contributed by atoms with Crippen molar-refractivity contribution < 1.29 is 31.9 Å². The van der Waals surface area contributed by atoms with Crippen molar-refractivity contribution in [3.63, 3.8) is 0 Å². The van der Waals surface area contributed by atoms with Gasteiger partial charge in [0.2, 0.25) is 0 Å². The zero-order valence-corrected chi connectivity index (χ0v) is 24.2. The number of rotatable bonds is 10. The highest BCUT2D eigenvalue weighted by Crippen LogP contribution is 2.39. The second-order valence-electron chi connectivity index (χ2n) is 11.3. The van der Waals surface area contributed by atoms with E-state index >= 15 is 0 Å². The fourth-order valence-corrected chi connectivity index (χ4v) is 6.10. The third kappa shape index (κ3) is 6.52. The van der Waals surface area contributed by atoms with Gasteiger partial charge in [0.25, 0.3) is 5.91 Å². The van der Waals surface area contributed by atoms with Crippen LogP contribution in [0.5, 0.6) is 0 Å². The lowest BCUT2D eigenvalue weighted by molar-refractivity contribution is -0.147. The molecule has 226 valence electrons. The van der Waals surface area contributed by atoms with E-state index in [0.717, 1.165) is 36.3 Å². The molecule has 0 radical (unpaired) electrons. The number of ether oxygens (including phenoxy) is 1. The molecular weight excluding hydrogens is 549 g/mol. The monoisotopic (exact) mass is 586 g/mol. The number of nitrogens with one attached hydrogen (secondary N) is 2. The molecule has 1 aromatic carbocycles. The van der Waals surface area contributed by atoms with Gasteiger partial charge < -0.3 is 24.7 Å². The van der Waals surface area contributed by atoms with Crippen molar-refractivity contribution in [2.75, 3.05) is 44.7 Å². The Morgan fingerprint density at radius 3 is 2.62 bits per heavy atom. The van der Waals surface area contributed by atoms with Crippen LogP contribution in [0.3, 0.4) is 0 Å². The molecular formula is C31H37F3N4O4. The van der Waals surface area contributed by atoms with E-state index in [1.807, 2.05) is 18.9 Å². The molecule has 1 amide bonds. The van der Waals surface area contributed by atoms with Crippen molar-refractivity contribution in [1.29, 1.82) is 0 Å². The summed E-state index contributed by atoms with van der Waals surface area (Å²) in [6.45, 7) is 4.48. The molecule has 1 saturated carbocycles. The number of furan rings is 1. The average molecular weight is 587 g/mol. The fourth-order valence-electron chi connectivity index (χ4n) is 6.10. The van der Waals surface area contributed by atoms with Crippen molar-refractivity contribution in [3.05, 3.63) is 58.3 Å². The van der Waals surface area contributed by atoms with Crippen LogP contribution in [0.1, 0.15) is 55.5 Å². The van der Waals surface area contributed by atoms with Gasteiger partial charge in [0.05, 0.1) is 25.5 Å². The second-order valence-corrected chi connectivity index (χ2v) is 11.3. The minimum Gasteiger partial charge on any atom is -0.496 e. The molecule has 1 aromatic heterocycles. The molecule has 1 aliphatic carbocycles. The number of anilines is 1. The van der Waals surface area contributed by atoms with E-state index in [9.17, 15) is 22.8 Å². The molecule has 3 heterocycles. The Kier molecular flexibility index (Phi) is 8.70. The summed E-state index contributed by atoms with van der Waals surface area (Å²) in [7, 11) is 1.50. The number of carbonyl (C=O) groups excluding carboxylic acids is 2. The molecule has 1 saturated heterocycles. The lowest BCUT2D eigenvalue weighted by atomic mass is 9.94. The molecule has 2 fully saturated rings. The molecule has 0 atom stereocenters. The number of nitrogens with zero attached hydrogens (tertiary/aromatic N) is 2. The van der Waals surface area contributed by atoms with Gasteiger partial charge in [-0.25, -0.2) is 4.79 Å². The van der Waals surface area contributed by atoms with Gasteiger partial charge in [-0.1, -0.05) is 6.92 Å². The van der Waals surface area contributed by atoms with Crippen molar-refractivity contribution >= 4 is 28.5 Å². The highest BCUT2D eigenvalue weighted by Gasteiger charge is 2.36. The topological polar surface area (TPSA) is 87.1 Å². The minimum atomic E-state index is -4.21. The first kappa shape index (κ1) is 29.8. The van der Waals surface area contributed by atoms with E-state index in [2.05, 4.69) is 15.5 Å². The molecule has 8 nitrogen and oxygen atoms in total. The number of carbonyl (C=O) groups is 1. The Morgan fingerprint density at radius 1 is 1.26 bits per heavy atom. The maximum atomic E-state index is 13.9. The van der Waals surface area contributed by atoms with Crippen molar-refractivity contribution in [2.24, 2.45) is 5.92 Å². The van der Waals surface area contributed by atoms with Gasteiger partial charge in [-0.3, -0.25) is 9.69 Å². The predicted molar refractivity (Wildman–Crippen MR) is 154 cm³/mol. The van der Waals surface area contributed by atoms with Gasteiger partial charge in [0.15, 0.2) is 5.94 Å². The summed E-state index contributed by atoms with van der Waals surface area (Å²) in [5.74, 6) is 2.58. The van der Waals surface area contributed by atoms with Gasteiger partial charge >= 0.3 is 6.18 Å². The number of hydrogen-bond donors (Lipinski definition) is 2. The summed E-state index contributed by atoms with van der Waals surface area (Å²) in [5.41, 5.74) is 4.26. The summed E-state index contributed by atoms with van der Waals surface area (Å²) in [5, 5.41) is 6.63. The summed E-state index contributed by atoms with van der Waals surface area (Å²) < 4.78 is 50.3. The summed E-state index contributed by atoms with van der Waals surface area (Å²) >= 11 is 0. The molecule has 0 unspecified atom stereocenters. The van der Waals surface area contributed by atoms with Crippen LogP contribution in [0.4, 0.5) is 18.9 Å². The van der Waals surface area contributed by atoms with Gasteiger partial charge in [0, 0.05) is 60.6 Å². The number of halogens is 3. The number of piperidine rings is 1. The Balaban J connectivity index is 1.46. The third-order valence-electron chi connectivity index (χ3n) is 8.30. The van der Waals surface area contributed by atoms with E-state index < -0.39 is 12.7 Å². The number of alkyl halides is 3. The molecule has 5 rings (SSSR count). The number of dihydropyridines is 1. The Hall–Kier alpha value is -3.69. The van der Waals surface area contributed by atoms with Gasteiger partial charge in [0.1, 0.15) is 17.0 Å². The van der Waals surface area contributed by atoms with Crippen LogP contribution in [-0.4, -0.2) is 68.8 Å². The number of amides is 1. The molecule has 2 N–H and O–H groups in total. The minimum absolute atomic E-state index is 0.0412. The van der Waals surface area contributed by atoms with Gasteiger partial charge in [-0.15, -0.1) is 0 Å². The first-order chi connectivity index (χ1) is 20.1. The number of likely N-dealkylation sites (tertiary alicyclic amines) is 1. The highest BCUT2D eigenvalue weighted by molar-refractivity contribution is 6.09. The summed E-state index contributed by atoms with van der Waals surface area (Å²) in [6, 6.07) is 3.81. The van der Waals surface area contributed by atoms with E-state index in [-0.39, 0.29) is 24.2 Å². The highest BCUT2D eigenvalue weighted by atomic mass is 19.4. The molecule has 11 heteroatoms. The third-order valence-corrected chi connectivity index (χ3v) is 8.30. The predicted octanol–water partition coefficient (Wildman–Crippen LogP) is 5.09. The van der Waals surface area contributed by atoms with Crippen molar-refractivity contribution in [3.8, 4) is 0 Å².